The van der Waals surface area contributed by atoms with Crippen LogP contribution in [0.15, 0.2) is 205 Å². The maximum atomic E-state index is 6.63. The molecule has 12 rings (SSSR count). The molecule has 1 aliphatic carbocycles. The Hall–Kier alpha value is -8.15. The third kappa shape index (κ3) is 7.63. The molecule has 0 radical (unpaired) electrons. The number of rotatable bonds is 7. The van der Waals surface area contributed by atoms with Crippen LogP contribution in [0.4, 0.5) is 0 Å². The van der Waals surface area contributed by atoms with Crippen molar-refractivity contribution in [3.05, 3.63) is 223 Å². The fourth-order valence-electron chi connectivity index (χ4n) is 10.3. The lowest BCUT2D eigenvalue weighted by molar-refractivity contribution is 0.590. The molecule has 70 heavy (non-hydrogen) atoms. The van der Waals surface area contributed by atoms with Crippen LogP contribution in [0.5, 0.6) is 0 Å². The lowest BCUT2D eigenvalue weighted by Gasteiger charge is -2.22. The van der Waals surface area contributed by atoms with Crippen molar-refractivity contribution in [2.24, 2.45) is 0 Å². The molecular weight excluding hydrogens is 853 g/mol. The zero-order chi connectivity index (χ0) is 47.7. The maximum absolute atomic E-state index is 6.63. The van der Waals surface area contributed by atoms with E-state index >= 15 is 0 Å². The van der Waals surface area contributed by atoms with Crippen LogP contribution < -0.4 is 0 Å². The number of nitrogens with zero attached hydrogens (tertiary/aromatic N) is 4. The van der Waals surface area contributed by atoms with Gasteiger partial charge in [0.15, 0.2) is 17.5 Å². The summed E-state index contributed by atoms with van der Waals surface area (Å²) in [6.45, 7) is 13.8. The summed E-state index contributed by atoms with van der Waals surface area (Å²) in [6, 6.07) is 65.4. The summed E-state index contributed by atoms with van der Waals surface area (Å²) in [7, 11) is 0. The van der Waals surface area contributed by atoms with Crippen LogP contribution in [0, 0.1) is 0 Å². The van der Waals surface area contributed by atoms with Crippen LogP contribution in [0.1, 0.15) is 76.4 Å². The quantitative estimate of drug-likeness (QED) is 0.160. The van der Waals surface area contributed by atoms with Gasteiger partial charge in [0.1, 0.15) is 11.2 Å². The van der Waals surface area contributed by atoms with Gasteiger partial charge in [0.05, 0.1) is 22.3 Å². The van der Waals surface area contributed by atoms with Crippen molar-refractivity contribution in [3.8, 4) is 50.7 Å². The van der Waals surface area contributed by atoms with Crippen molar-refractivity contribution in [1.29, 1.82) is 0 Å². The fourth-order valence-corrected chi connectivity index (χ4v) is 10.3. The number of aromatic nitrogens is 4. The molecule has 0 bridgehead atoms. The van der Waals surface area contributed by atoms with Crippen LogP contribution in [0.3, 0.4) is 0 Å². The SMILES string of the molecule is CC(C)(C)c1ccc2c(c1)c1cc(C(C)(C)C)ccc1n2-c1c(-c2ccccc2)cc(-c2nc(C3=CCC(c4ccccc4)C=C3)nc(-c3cccc4c3oc3ccccc34)n2)cc1-c1ccccc1. The molecule has 1 aliphatic rings. The zero-order valence-electron chi connectivity index (χ0n) is 40.5. The van der Waals surface area contributed by atoms with E-state index in [1.54, 1.807) is 0 Å². The van der Waals surface area contributed by atoms with E-state index in [2.05, 4.69) is 234 Å². The largest absolute Gasteiger partial charge is 0.455 e. The smallest absolute Gasteiger partial charge is 0.167 e. The number of fused-ring (bicyclic) bond motifs is 6. The Balaban J connectivity index is 1.14. The monoisotopic (exact) mass is 906 g/mol. The van der Waals surface area contributed by atoms with E-state index in [1.165, 1.54) is 27.5 Å². The number of benzene rings is 8. The summed E-state index contributed by atoms with van der Waals surface area (Å²) in [4.78, 5) is 16.2. The second-order valence-corrected chi connectivity index (χ2v) is 20.8. The van der Waals surface area contributed by atoms with Crippen LogP contribution in [0.2, 0.25) is 0 Å². The van der Waals surface area contributed by atoms with E-state index in [0.29, 0.717) is 17.5 Å². The van der Waals surface area contributed by atoms with E-state index in [4.69, 9.17) is 19.4 Å². The van der Waals surface area contributed by atoms with Gasteiger partial charge >= 0.3 is 0 Å². The molecule has 0 N–H and O–H groups in total. The van der Waals surface area contributed by atoms with Crippen LogP contribution >= 0.6 is 0 Å². The normalized spacial score (nSPS) is 14.3. The highest BCUT2D eigenvalue weighted by Gasteiger charge is 2.27. The summed E-state index contributed by atoms with van der Waals surface area (Å²) < 4.78 is 9.14. The Labute approximate surface area is 409 Å². The summed E-state index contributed by atoms with van der Waals surface area (Å²) >= 11 is 0. The Bertz CT molecular complexity index is 3730. The van der Waals surface area contributed by atoms with Crippen molar-refractivity contribution in [2.75, 3.05) is 0 Å². The molecule has 0 fully saturated rings. The van der Waals surface area contributed by atoms with Gasteiger partial charge in [0.25, 0.3) is 0 Å². The van der Waals surface area contributed by atoms with Crippen LogP contribution in [0.25, 0.3) is 100 Å². The lowest BCUT2D eigenvalue weighted by atomic mass is 9.85. The molecule has 3 heterocycles. The predicted molar refractivity (Wildman–Crippen MR) is 292 cm³/mol. The molecule has 0 saturated carbocycles. The summed E-state index contributed by atoms with van der Waals surface area (Å²) in [5.41, 5.74) is 15.8. The Kier molecular flexibility index (Phi) is 10.4. The van der Waals surface area contributed by atoms with E-state index in [0.717, 1.165) is 84.0 Å². The first kappa shape index (κ1) is 43.2. The topological polar surface area (TPSA) is 56.7 Å². The van der Waals surface area contributed by atoms with Gasteiger partial charge in [-0.05, 0) is 93.6 Å². The lowest BCUT2D eigenvalue weighted by Crippen LogP contribution is -2.10. The predicted octanol–water partition coefficient (Wildman–Crippen LogP) is 17.3. The first-order chi connectivity index (χ1) is 34.0. The molecule has 5 heteroatoms. The minimum Gasteiger partial charge on any atom is -0.455 e. The highest BCUT2D eigenvalue weighted by atomic mass is 16.3. The molecule has 8 aromatic carbocycles. The van der Waals surface area contributed by atoms with E-state index in [9.17, 15) is 0 Å². The van der Waals surface area contributed by atoms with Crippen molar-refractivity contribution in [3.63, 3.8) is 0 Å². The molecular formula is C65H54N4O. The average Bonchev–Trinajstić information content (AvgIpc) is 3.94. The molecule has 340 valence electrons. The Morgan fingerprint density at radius 2 is 1.01 bits per heavy atom. The van der Waals surface area contributed by atoms with Gasteiger partial charge in [-0.15, -0.1) is 0 Å². The first-order valence-electron chi connectivity index (χ1n) is 24.5. The molecule has 0 spiro atoms. The molecule has 0 saturated heterocycles. The summed E-state index contributed by atoms with van der Waals surface area (Å²) in [5.74, 6) is 2.03. The minimum absolute atomic E-state index is 0.0262. The zero-order valence-corrected chi connectivity index (χ0v) is 40.5. The van der Waals surface area contributed by atoms with Gasteiger partial charge in [0, 0.05) is 49.7 Å². The van der Waals surface area contributed by atoms with E-state index in [1.807, 2.05) is 12.1 Å². The summed E-state index contributed by atoms with van der Waals surface area (Å²) in [5, 5.41) is 4.57. The number of allylic oxidation sites excluding steroid dienone is 4. The van der Waals surface area contributed by atoms with Crippen molar-refractivity contribution in [2.45, 2.75) is 64.7 Å². The highest BCUT2D eigenvalue weighted by molar-refractivity contribution is 6.12. The maximum Gasteiger partial charge on any atom is 0.167 e. The third-order valence-electron chi connectivity index (χ3n) is 14.1. The number of para-hydroxylation sites is 2. The molecule has 5 nitrogen and oxygen atoms in total. The number of hydrogen-bond donors (Lipinski definition) is 0. The van der Waals surface area contributed by atoms with Gasteiger partial charge in [0.2, 0.25) is 0 Å². The standard InChI is InChI=1S/C65H54N4O/c1-64(2,3)47-33-35-56-54(39-47)55-40-48(65(4,5)6)34-36-57(55)69(56)59-52(43-21-12-8-13-22-43)37-46(38-53(59)44-23-14-9-15-24-44)62-66-61(45-31-29-42(30-32-45)41-19-10-7-11-20-41)67-63(68-62)51-27-18-26-50-49-25-16-17-28-58(49)70-60(50)51/h7-29,31-40,42H,30H2,1-6H3. The Morgan fingerprint density at radius 1 is 0.471 bits per heavy atom. The van der Waals surface area contributed by atoms with Crippen molar-refractivity contribution >= 4 is 49.3 Å². The number of hydrogen-bond acceptors (Lipinski definition) is 4. The van der Waals surface area contributed by atoms with Gasteiger partial charge in [-0.25, -0.2) is 15.0 Å². The fraction of sp³-hybridized carbons (Fsp3) is 0.154. The van der Waals surface area contributed by atoms with E-state index < -0.39 is 0 Å². The van der Waals surface area contributed by atoms with Crippen molar-refractivity contribution < 1.29 is 4.42 Å². The molecule has 1 unspecified atom stereocenters. The molecule has 11 aromatic rings. The average molecular weight is 907 g/mol. The molecule has 0 aliphatic heterocycles. The van der Waals surface area contributed by atoms with Crippen LogP contribution in [-0.2, 0) is 10.8 Å². The minimum atomic E-state index is -0.0262. The second-order valence-electron chi connectivity index (χ2n) is 20.8. The second kappa shape index (κ2) is 16.8. The number of furan rings is 1. The van der Waals surface area contributed by atoms with E-state index in [-0.39, 0.29) is 16.7 Å². The van der Waals surface area contributed by atoms with Gasteiger partial charge in [-0.2, -0.15) is 0 Å². The third-order valence-corrected chi connectivity index (χ3v) is 14.1. The Morgan fingerprint density at radius 3 is 1.60 bits per heavy atom. The molecule has 0 amide bonds. The first-order valence-corrected chi connectivity index (χ1v) is 24.5. The van der Waals surface area contributed by atoms with Crippen LogP contribution in [-0.4, -0.2) is 19.5 Å². The summed E-state index contributed by atoms with van der Waals surface area (Å²) in [6.07, 6.45) is 7.57. The van der Waals surface area contributed by atoms with Gasteiger partial charge < -0.3 is 8.98 Å². The van der Waals surface area contributed by atoms with Gasteiger partial charge in [-0.1, -0.05) is 193 Å². The highest BCUT2D eigenvalue weighted by Crippen LogP contribution is 2.46. The molecule has 1 atom stereocenters. The van der Waals surface area contributed by atoms with Crippen molar-refractivity contribution in [1.82, 2.24) is 19.5 Å². The van der Waals surface area contributed by atoms with Gasteiger partial charge in [-0.3, -0.25) is 0 Å². The molecule has 3 aromatic heterocycles.